The molecule has 0 saturated heterocycles. The molecule has 62 valence electrons. The summed E-state index contributed by atoms with van der Waals surface area (Å²) in [6, 6.07) is 0. The van der Waals surface area contributed by atoms with Gasteiger partial charge >= 0.3 is 0 Å². The molecule has 2 heterocycles. The van der Waals surface area contributed by atoms with Gasteiger partial charge in [0, 0.05) is 11.6 Å². The Morgan fingerprint density at radius 1 is 1.58 bits per heavy atom. The fourth-order valence-corrected chi connectivity index (χ4v) is 2.05. The Labute approximate surface area is 82.2 Å². The summed E-state index contributed by atoms with van der Waals surface area (Å²) in [6.07, 6.45) is 3.76. The first-order chi connectivity index (χ1) is 5.75. The van der Waals surface area contributed by atoms with Gasteiger partial charge in [0.05, 0.1) is 6.20 Å². The van der Waals surface area contributed by atoms with Crippen molar-refractivity contribution in [2.75, 3.05) is 0 Å². The van der Waals surface area contributed by atoms with Crippen LogP contribution in [0.25, 0.3) is 5.13 Å². The lowest BCUT2D eigenvalue weighted by Gasteiger charge is -1.90. The summed E-state index contributed by atoms with van der Waals surface area (Å²) in [5, 5.41) is 6.96. The lowest BCUT2D eigenvalue weighted by atomic mass is 10.4. The van der Waals surface area contributed by atoms with Gasteiger partial charge in [0.25, 0.3) is 0 Å². The van der Waals surface area contributed by atoms with Crippen LogP contribution in [0.5, 0.6) is 0 Å². The second kappa shape index (κ2) is 2.99. The number of halogens is 1. The third-order valence-corrected chi connectivity index (χ3v) is 2.91. The molecule has 5 heteroatoms. The lowest BCUT2D eigenvalue weighted by Crippen LogP contribution is -1.91. The van der Waals surface area contributed by atoms with Crippen molar-refractivity contribution in [1.29, 1.82) is 0 Å². The van der Waals surface area contributed by atoms with E-state index < -0.39 is 0 Å². The number of rotatable bonds is 1. The Morgan fingerprint density at radius 3 is 2.92 bits per heavy atom. The van der Waals surface area contributed by atoms with Crippen LogP contribution in [0.4, 0.5) is 0 Å². The Hall–Kier alpha value is -0.680. The van der Waals surface area contributed by atoms with Crippen molar-refractivity contribution in [1.82, 2.24) is 14.8 Å². The molecule has 0 amide bonds. The molecular formula is C7H6BrN3S. The molecule has 0 aliphatic rings. The van der Waals surface area contributed by atoms with E-state index in [1.807, 2.05) is 24.7 Å². The van der Waals surface area contributed by atoms with Crippen LogP contribution < -0.4 is 0 Å². The van der Waals surface area contributed by atoms with Crippen LogP contribution in [0.2, 0.25) is 0 Å². The van der Waals surface area contributed by atoms with Gasteiger partial charge in [0.1, 0.15) is 4.60 Å². The van der Waals surface area contributed by atoms with Crippen LogP contribution in [-0.2, 0) is 0 Å². The van der Waals surface area contributed by atoms with Crippen molar-refractivity contribution >= 4 is 27.3 Å². The van der Waals surface area contributed by atoms with Crippen molar-refractivity contribution in [3.63, 3.8) is 0 Å². The topological polar surface area (TPSA) is 30.7 Å². The van der Waals surface area contributed by atoms with Crippen LogP contribution in [0.1, 0.15) is 5.56 Å². The number of aromatic nitrogens is 3. The monoisotopic (exact) mass is 243 g/mol. The predicted molar refractivity (Wildman–Crippen MR) is 51.7 cm³/mol. The molecule has 0 N–H and O–H groups in total. The highest BCUT2D eigenvalue weighted by Gasteiger charge is 2.01. The van der Waals surface area contributed by atoms with Crippen LogP contribution in [-0.4, -0.2) is 14.8 Å². The third kappa shape index (κ3) is 1.42. The maximum absolute atomic E-state index is 4.23. The van der Waals surface area contributed by atoms with Gasteiger partial charge in [0.2, 0.25) is 5.13 Å². The van der Waals surface area contributed by atoms with Gasteiger partial charge in [-0.2, -0.15) is 5.10 Å². The van der Waals surface area contributed by atoms with E-state index in [9.17, 15) is 0 Å². The first-order valence-corrected chi connectivity index (χ1v) is 5.05. The minimum absolute atomic E-state index is 0.857. The van der Waals surface area contributed by atoms with E-state index in [4.69, 9.17) is 0 Å². The average molecular weight is 244 g/mol. The maximum Gasteiger partial charge on any atom is 0.211 e. The molecule has 0 radical (unpaired) electrons. The van der Waals surface area contributed by atoms with Gasteiger partial charge < -0.3 is 0 Å². The number of hydrogen-bond donors (Lipinski definition) is 0. The van der Waals surface area contributed by atoms with Gasteiger partial charge in [-0.15, -0.1) is 11.3 Å². The van der Waals surface area contributed by atoms with E-state index in [2.05, 4.69) is 26.0 Å². The van der Waals surface area contributed by atoms with Gasteiger partial charge in [-0.3, -0.25) is 0 Å². The van der Waals surface area contributed by atoms with Crippen molar-refractivity contribution in [3.05, 3.63) is 27.9 Å². The molecule has 0 aliphatic carbocycles. The molecule has 0 saturated carbocycles. The van der Waals surface area contributed by atoms with Crippen LogP contribution >= 0.6 is 27.3 Å². The maximum atomic E-state index is 4.23. The van der Waals surface area contributed by atoms with Crippen molar-refractivity contribution in [2.45, 2.75) is 6.92 Å². The van der Waals surface area contributed by atoms with Crippen LogP contribution in [0.15, 0.2) is 22.4 Å². The predicted octanol–water partition coefficient (Wildman–Crippen LogP) is 2.40. The smallest absolute Gasteiger partial charge is 0.211 e. The van der Waals surface area contributed by atoms with Gasteiger partial charge in [0.15, 0.2) is 0 Å². The van der Waals surface area contributed by atoms with Crippen molar-refractivity contribution in [2.24, 2.45) is 0 Å². The average Bonchev–Trinajstić information content (AvgIpc) is 2.58. The number of nitrogens with zero attached hydrogens (tertiary/aromatic N) is 3. The standard InChI is InChI=1S/C7H6BrN3S/c1-5-2-9-11(3-5)7-10-6(8)4-12-7/h2-4H,1H3. The van der Waals surface area contributed by atoms with Gasteiger partial charge in [-0.1, -0.05) is 0 Å². The summed E-state index contributed by atoms with van der Waals surface area (Å²) in [7, 11) is 0. The van der Waals surface area contributed by atoms with Gasteiger partial charge in [-0.25, -0.2) is 9.67 Å². The lowest BCUT2D eigenvalue weighted by molar-refractivity contribution is 0.867. The fourth-order valence-electron chi connectivity index (χ4n) is 0.868. The molecule has 0 bridgehead atoms. The second-order valence-electron chi connectivity index (χ2n) is 2.42. The second-order valence-corrected chi connectivity index (χ2v) is 4.06. The highest BCUT2D eigenvalue weighted by atomic mass is 79.9. The largest absolute Gasteiger partial charge is 0.213 e. The fraction of sp³-hybridized carbons (Fsp3) is 0.143. The first-order valence-electron chi connectivity index (χ1n) is 3.38. The zero-order chi connectivity index (χ0) is 8.55. The molecule has 2 rings (SSSR count). The van der Waals surface area contributed by atoms with E-state index >= 15 is 0 Å². The summed E-state index contributed by atoms with van der Waals surface area (Å²) >= 11 is 4.85. The Balaban J connectivity index is 2.43. The van der Waals surface area contributed by atoms with E-state index in [0.717, 1.165) is 15.3 Å². The zero-order valence-electron chi connectivity index (χ0n) is 6.36. The van der Waals surface area contributed by atoms with E-state index in [1.54, 1.807) is 16.0 Å². The third-order valence-electron chi connectivity index (χ3n) is 1.37. The summed E-state index contributed by atoms with van der Waals surface area (Å²) in [5.41, 5.74) is 1.14. The molecule has 0 atom stereocenters. The minimum atomic E-state index is 0.857. The number of thiazole rings is 1. The van der Waals surface area contributed by atoms with E-state index in [1.165, 1.54) is 0 Å². The van der Waals surface area contributed by atoms with Crippen molar-refractivity contribution in [3.8, 4) is 5.13 Å². The number of aryl methyl sites for hydroxylation is 1. The Kier molecular flexibility index (Phi) is 1.98. The Bertz CT molecular complexity index is 355. The quantitative estimate of drug-likeness (QED) is 0.771. The van der Waals surface area contributed by atoms with Crippen LogP contribution in [0, 0.1) is 6.92 Å². The highest BCUT2D eigenvalue weighted by Crippen LogP contribution is 2.18. The summed E-state index contributed by atoms with van der Waals surface area (Å²) in [5.74, 6) is 0. The summed E-state index contributed by atoms with van der Waals surface area (Å²) < 4.78 is 2.63. The number of hydrogen-bond acceptors (Lipinski definition) is 3. The molecule has 0 fully saturated rings. The molecular weight excluding hydrogens is 238 g/mol. The zero-order valence-corrected chi connectivity index (χ0v) is 8.76. The van der Waals surface area contributed by atoms with Crippen LogP contribution in [0.3, 0.4) is 0 Å². The van der Waals surface area contributed by atoms with Gasteiger partial charge in [-0.05, 0) is 28.4 Å². The molecule has 2 aromatic heterocycles. The summed E-state index contributed by atoms with van der Waals surface area (Å²) in [4.78, 5) is 4.23. The summed E-state index contributed by atoms with van der Waals surface area (Å²) in [6.45, 7) is 2.01. The minimum Gasteiger partial charge on any atom is -0.213 e. The normalized spacial score (nSPS) is 10.5. The first kappa shape index (κ1) is 7.94. The van der Waals surface area contributed by atoms with Crippen molar-refractivity contribution < 1.29 is 0 Å². The molecule has 3 nitrogen and oxygen atoms in total. The molecule has 0 spiro atoms. The Morgan fingerprint density at radius 2 is 2.42 bits per heavy atom. The molecule has 0 unspecified atom stereocenters. The SMILES string of the molecule is Cc1cnn(-c2nc(Br)cs2)c1. The molecule has 2 aromatic rings. The molecule has 12 heavy (non-hydrogen) atoms. The molecule has 0 aliphatic heterocycles. The molecule has 0 aromatic carbocycles. The highest BCUT2D eigenvalue weighted by molar-refractivity contribution is 9.10. The van der Waals surface area contributed by atoms with E-state index in [0.29, 0.717) is 0 Å². The van der Waals surface area contributed by atoms with E-state index in [-0.39, 0.29) is 0 Å².